The van der Waals surface area contributed by atoms with E-state index in [-0.39, 0.29) is 12.5 Å². The molecule has 0 spiro atoms. The monoisotopic (exact) mass is 317 g/mol. The molecular formula is C17H16ClNO3. The van der Waals surface area contributed by atoms with E-state index in [0.717, 1.165) is 12.0 Å². The molecule has 3 rings (SSSR count). The van der Waals surface area contributed by atoms with Crippen LogP contribution >= 0.6 is 11.6 Å². The van der Waals surface area contributed by atoms with Crippen molar-refractivity contribution in [2.45, 2.75) is 12.5 Å². The van der Waals surface area contributed by atoms with Crippen molar-refractivity contribution in [3.05, 3.63) is 59.1 Å². The van der Waals surface area contributed by atoms with E-state index in [1.54, 1.807) is 6.07 Å². The number of carbonyl (C=O) groups excluding carboxylic acids is 1. The smallest absolute Gasteiger partial charge is 0.264 e. The number of rotatable bonds is 4. The average molecular weight is 318 g/mol. The molecule has 1 aliphatic heterocycles. The molecule has 0 saturated heterocycles. The predicted octanol–water partition coefficient (Wildman–Crippen LogP) is 2.84. The van der Waals surface area contributed by atoms with Gasteiger partial charge in [0.1, 0.15) is 6.61 Å². The number of ether oxygens (including phenoxy) is 2. The van der Waals surface area contributed by atoms with Crippen LogP contribution in [0.2, 0.25) is 5.02 Å². The van der Waals surface area contributed by atoms with Crippen molar-refractivity contribution in [1.82, 2.24) is 5.32 Å². The topological polar surface area (TPSA) is 47.6 Å². The molecule has 0 radical (unpaired) electrons. The van der Waals surface area contributed by atoms with Gasteiger partial charge in [0.25, 0.3) is 5.91 Å². The molecule has 0 fully saturated rings. The standard InChI is InChI=1S/C17H16ClNO3/c18-13-7-5-12(6-8-13)9-10-19-17(20)16-11-21-14-3-1-2-4-15(14)22-16/h1-8,16H,9-11H2,(H,19,20)/t16-/m0/s1. The van der Waals surface area contributed by atoms with Gasteiger partial charge in [-0.2, -0.15) is 0 Å². The maximum atomic E-state index is 12.1. The molecule has 2 aromatic carbocycles. The molecule has 0 saturated carbocycles. The molecule has 0 aliphatic carbocycles. The van der Waals surface area contributed by atoms with Crippen LogP contribution in [0.4, 0.5) is 0 Å². The summed E-state index contributed by atoms with van der Waals surface area (Å²) in [7, 11) is 0. The van der Waals surface area contributed by atoms with E-state index in [0.29, 0.717) is 23.1 Å². The van der Waals surface area contributed by atoms with Crippen LogP contribution in [0.3, 0.4) is 0 Å². The molecule has 1 aliphatic rings. The lowest BCUT2D eigenvalue weighted by atomic mass is 10.1. The average Bonchev–Trinajstić information content (AvgIpc) is 2.56. The van der Waals surface area contributed by atoms with Gasteiger partial charge in [0, 0.05) is 11.6 Å². The number of hydrogen-bond acceptors (Lipinski definition) is 3. The highest BCUT2D eigenvalue weighted by Crippen LogP contribution is 2.30. The fourth-order valence-corrected chi connectivity index (χ4v) is 2.37. The van der Waals surface area contributed by atoms with Gasteiger partial charge in [-0.05, 0) is 36.2 Å². The molecule has 1 heterocycles. The zero-order chi connectivity index (χ0) is 15.4. The molecule has 0 bridgehead atoms. The second kappa shape index (κ2) is 6.71. The molecule has 114 valence electrons. The lowest BCUT2D eigenvalue weighted by molar-refractivity contribution is -0.130. The second-order valence-corrected chi connectivity index (χ2v) is 5.47. The quantitative estimate of drug-likeness (QED) is 0.943. The van der Waals surface area contributed by atoms with Crippen molar-refractivity contribution < 1.29 is 14.3 Å². The van der Waals surface area contributed by atoms with Crippen molar-refractivity contribution in [2.24, 2.45) is 0 Å². The summed E-state index contributed by atoms with van der Waals surface area (Å²) in [5, 5.41) is 3.58. The van der Waals surface area contributed by atoms with Crippen LogP contribution < -0.4 is 14.8 Å². The zero-order valence-corrected chi connectivity index (χ0v) is 12.7. The van der Waals surface area contributed by atoms with E-state index in [4.69, 9.17) is 21.1 Å². The fourth-order valence-electron chi connectivity index (χ4n) is 2.24. The Kier molecular flexibility index (Phi) is 4.49. The van der Waals surface area contributed by atoms with Gasteiger partial charge >= 0.3 is 0 Å². The van der Waals surface area contributed by atoms with Crippen LogP contribution in [-0.2, 0) is 11.2 Å². The summed E-state index contributed by atoms with van der Waals surface area (Å²) >= 11 is 5.84. The first-order valence-electron chi connectivity index (χ1n) is 7.13. The minimum absolute atomic E-state index is 0.163. The van der Waals surface area contributed by atoms with Gasteiger partial charge in [0.05, 0.1) is 0 Å². The van der Waals surface area contributed by atoms with E-state index >= 15 is 0 Å². The summed E-state index contributed by atoms with van der Waals surface area (Å²) in [5.41, 5.74) is 1.12. The fraction of sp³-hybridized carbons (Fsp3) is 0.235. The molecule has 1 N–H and O–H groups in total. The SMILES string of the molecule is O=C(NCCc1ccc(Cl)cc1)[C@@H]1COc2ccccc2O1. The number of fused-ring (bicyclic) bond motifs is 1. The van der Waals surface area contributed by atoms with E-state index in [1.165, 1.54) is 0 Å². The third kappa shape index (κ3) is 3.52. The Morgan fingerprint density at radius 1 is 1.14 bits per heavy atom. The molecule has 0 unspecified atom stereocenters. The van der Waals surface area contributed by atoms with Crippen molar-refractivity contribution in [2.75, 3.05) is 13.2 Å². The molecular weight excluding hydrogens is 302 g/mol. The number of benzene rings is 2. The first kappa shape index (κ1) is 14.7. The maximum absolute atomic E-state index is 12.1. The minimum Gasteiger partial charge on any atom is -0.485 e. The van der Waals surface area contributed by atoms with E-state index < -0.39 is 6.10 Å². The summed E-state index contributed by atoms with van der Waals surface area (Å²) in [6.07, 6.45) is 0.132. The lowest BCUT2D eigenvalue weighted by Gasteiger charge is -2.25. The summed E-state index contributed by atoms with van der Waals surface area (Å²) in [4.78, 5) is 12.1. The Morgan fingerprint density at radius 3 is 2.64 bits per heavy atom. The summed E-state index contributed by atoms with van der Waals surface area (Å²) in [6, 6.07) is 14.9. The van der Waals surface area contributed by atoms with Crippen molar-refractivity contribution in [1.29, 1.82) is 0 Å². The van der Waals surface area contributed by atoms with Gasteiger partial charge in [0.15, 0.2) is 11.5 Å². The van der Waals surface area contributed by atoms with Crippen molar-refractivity contribution >= 4 is 17.5 Å². The number of nitrogens with one attached hydrogen (secondary N) is 1. The van der Waals surface area contributed by atoms with Crippen LogP contribution in [0.1, 0.15) is 5.56 Å². The van der Waals surface area contributed by atoms with Gasteiger partial charge in [0.2, 0.25) is 6.10 Å². The van der Waals surface area contributed by atoms with Crippen LogP contribution in [0.5, 0.6) is 11.5 Å². The van der Waals surface area contributed by atoms with Gasteiger partial charge in [-0.1, -0.05) is 35.9 Å². The van der Waals surface area contributed by atoms with E-state index in [9.17, 15) is 4.79 Å². The lowest BCUT2D eigenvalue weighted by Crippen LogP contribution is -2.44. The predicted molar refractivity (Wildman–Crippen MR) is 84.5 cm³/mol. The van der Waals surface area contributed by atoms with Gasteiger partial charge in [-0.15, -0.1) is 0 Å². The van der Waals surface area contributed by atoms with Crippen LogP contribution in [0.15, 0.2) is 48.5 Å². The summed E-state index contributed by atoms with van der Waals surface area (Å²) < 4.78 is 11.2. The molecule has 1 atom stereocenters. The Labute approximate surface area is 134 Å². The van der Waals surface area contributed by atoms with E-state index in [2.05, 4.69) is 5.32 Å². The van der Waals surface area contributed by atoms with Gasteiger partial charge in [-0.25, -0.2) is 0 Å². The number of carbonyl (C=O) groups is 1. The highest BCUT2D eigenvalue weighted by Gasteiger charge is 2.26. The Bertz CT molecular complexity index is 657. The van der Waals surface area contributed by atoms with Crippen LogP contribution in [-0.4, -0.2) is 25.2 Å². The summed E-state index contributed by atoms with van der Waals surface area (Å²) in [6.45, 7) is 0.770. The highest BCUT2D eigenvalue weighted by molar-refractivity contribution is 6.30. The van der Waals surface area contributed by atoms with Crippen LogP contribution in [0.25, 0.3) is 0 Å². The Hall–Kier alpha value is -2.20. The largest absolute Gasteiger partial charge is 0.485 e. The number of amides is 1. The first-order valence-corrected chi connectivity index (χ1v) is 7.51. The normalized spacial score (nSPS) is 16.1. The molecule has 2 aromatic rings. The molecule has 1 amide bonds. The Morgan fingerprint density at radius 2 is 1.86 bits per heavy atom. The third-order valence-corrected chi connectivity index (χ3v) is 3.68. The minimum atomic E-state index is -0.611. The highest BCUT2D eigenvalue weighted by atomic mass is 35.5. The molecule has 5 heteroatoms. The van der Waals surface area contributed by atoms with Gasteiger partial charge < -0.3 is 14.8 Å². The first-order chi connectivity index (χ1) is 10.7. The zero-order valence-electron chi connectivity index (χ0n) is 11.9. The third-order valence-electron chi connectivity index (χ3n) is 3.43. The van der Waals surface area contributed by atoms with Crippen molar-refractivity contribution in [3.8, 4) is 11.5 Å². The summed E-state index contributed by atoms with van der Waals surface area (Å²) in [5.74, 6) is 1.11. The second-order valence-electron chi connectivity index (χ2n) is 5.03. The molecule has 22 heavy (non-hydrogen) atoms. The molecule has 0 aromatic heterocycles. The molecule has 4 nitrogen and oxygen atoms in total. The number of hydrogen-bond donors (Lipinski definition) is 1. The van der Waals surface area contributed by atoms with Gasteiger partial charge in [-0.3, -0.25) is 4.79 Å². The Balaban J connectivity index is 1.50. The van der Waals surface area contributed by atoms with Crippen molar-refractivity contribution in [3.63, 3.8) is 0 Å². The number of para-hydroxylation sites is 2. The van der Waals surface area contributed by atoms with E-state index in [1.807, 2.05) is 42.5 Å². The maximum Gasteiger partial charge on any atom is 0.264 e. The number of halogens is 1. The van der Waals surface area contributed by atoms with Crippen LogP contribution in [0, 0.1) is 0 Å².